The van der Waals surface area contributed by atoms with Crippen LogP contribution in [0.4, 0.5) is 0 Å². The Morgan fingerprint density at radius 1 is 1.03 bits per heavy atom. The van der Waals surface area contributed by atoms with Crippen molar-refractivity contribution in [3.8, 4) is 5.75 Å². The molecular weight excluding hydrogens is 400 g/mol. The smallest absolute Gasteiger partial charge is 0.261 e. The number of aryl methyl sites for hydroxylation is 1. The quantitative estimate of drug-likeness (QED) is 0.584. The van der Waals surface area contributed by atoms with E-state index in [9.17, 15) is 9.59 Å². The number of nitrogens with one attached hydrogen (secondary N) is 1. The van der Waals surface area contributed by atoms with Crippen LogP contribution in [0.2, 0.25) is 0 Å². The van der Waals surface area contributed by atoms with Crippen LogP contribution in [0.3, 0.4) is 0 Å². The molecular formula is C27H38N2O3. The number of benzene rings is 2. The molecule has 32 heavy (non-hydrogen) atoms. The lowest BCUT2D eigenvalue weighted by Crippen LogP contribution is -2.54. The Labute approximate surface area is 193 Å². The van der Waals surface area contributed by atoms with E-state index in [-0.39, 0.29) is 29.9 Å². The highest BCUT2D eigenvalue weighted by Crippen LogP contribution is 2.26. The summed E-state index contributed by atoms with van der Waals surface area (Å²) < 4.78 is 5.95. The number of nitrogens with zero attached hydrogens (tertiary/aromatic N) is 1. The summed E-state index contributed by atoms with van der Waals surface area (Å²) in [5.41, 5.74) is 2.81. The predicted octanol–water partition coefficient (Wildman–Crippen LogP) is 5.22. The number of hydrogen-bond donors (Lipinski definition) is 1. The Balaban J connectivity index is 2.27. The maximum absolute atomic E-state index is 13.4. The largest absolute Gasteiger partial charge is 0.483 e. The SMILES string of the molecule is CC[C@@H](C(=O)NC(C)(C)C)N(Cc1ccc(C)cc1)C(=O)COc1ccccc1C(C)C. The average molecular weight is 439 g/mol. The highest BCUT2D eigenvalue weighted by molar-refractivity contribution is 5.88. The number of carbonyl (C=O) groups excluding carboxylic acids is 2. The van der Waals surface area contributed by atoms with Crippen LogP contribution in [0, 0.1) is 6.92 Å². The molecule has 0 saturated heterocycles. The number of carbonyl (C=O) groups is 2. The average Bonchev–Trinajstić information content (AvgIpc) is 2.72. The van der Waals surface area contributed by atoms with Gasteiger partial charge < -0.3 is 15.0 Å². The molecule has 0 radical (unpaired) electrons. The molecule has 0 saturated carbocycles. The van der Waals surface area contributed by atoms with Crippen LogP contribution in [0.1, 0.15) is 70.6 Å². The van der Waals surface area contributed by atoms with Crippen molar-refractivity contribution in [3.63, 3.8) is 0 Å². The maximum atomic E-state index is 13.4. The second-order valence-electron chi connectivity index (χ2n) is 9.65. The lowest BCUT2D eigenvalue weighted by molar-refractivity contribution is -0.143. The van der Waals surface area contributed by atoms with Crippen LogP contribution in [-0.2, 0) is 16.1 Å². The molecule has 5 nitrogen and oxygen atoms in total. The molecule has 0 aliphatic carbocycles. The summed E-state index contributed by atoms with van der Waals surface area (Å²) in [5.74, 6) is 0.632. The fourth-order valence-corrected chi connectivity index (χ4v) is 3.57. The van der Waals surface area contributed by atoms with Gasteiger partial charge in [-0.1, -0.05) is 68.8 Å². The third-order valence-electron chi connectivity index (χ3n) is 5.25. The van der Waals surface area contributed by atoms with Crippen LogP contribution >= 0.6 is 0 Å². The van der Waals surface area contributed by atoms with Crippen LogP contribution in [0.25, 0.3) is 0 Å². The van der Waals surface area contributed by atoms with Gasteiger partial charge in [-0.05, 0) is 57.2 Å². The van der Waals surface area contributed by atoms with E-state index in [1.54, 1.807) is 4.90 Å². The van der Waals surface area contributed by atoms with E-state index < -0.39 is 6.04 Å². The predicted molar refractivity (Wildman–Crippen MR) is 130 cm³/mol. The highest BCUT2D eigenvalue weighted by Gasteiger charge is 2.31. The molecule has 0 aliphatic rings. The Hall–Kier alpha value is -2.82. The Morgan fingerprint density at radius 3 is 2.22 bits per heavy atom. The lowest BCUT2D eigenvalue weighted by atomic mass is 10.0. The molecule has 1 N–H and O–H groups in total. The minimum absolute atomic E-state index is 0.116. The van der Waals surface area contributed by atoms with Crippen LogP contribution in [0.15, 0.2) is 48.5 Å². The summed E-state index contributed by atoms with van der Waals surface area (Å²) in [6.07, 6.45) is 0.516. The lowest BCUT2D eigenvalue weighted by Gasteiger charge is -2.33. The van der Waals surface area contributed by atoms with Crippen molar-refractivity contribution in [3.05, 3.63) is 65.2 Å². The van der Waals surface area contributed by atoms with Crippen molar-refractivity contribution >= 4 is 11.8 Å². The van der Waals surface area contributed by atoms with Gasteiger partial charge in [-0.15, -0.1) is 0 Å². The molecule has 5 heteroatoms. The zero-order valence-corrected chi connectivity index (χ0v) is 20.6. The number of rotatable bonds is 9. The van der Waals surface area contributed by atoms with Gasteiger partial charge in [0.1, 0.15) is 11.8 Å². The third-order valence-corrected chi connectivity index (χ3v) is 5.25. The van der Waals surface area contributed by atoms with Gasteiger partial charge in [0.15, 0.2) is 6.61 Å². The van der Waals surface area contributed by atoms with Crippen LogP contribution in [0.5, 0.6) is 5.75 Å². The van der Waals surface area contributed by atoms with Gasteiger partial charge in [0, 0.05) is 12.1 Å². The van der Waals surface area contributed by atoms with Gasteiger partial charge >= 0.3 is 0 Å². The molecule has 0 heterocycles. The van der Waals surface area contributed by atoms with Gasteiger partial charge in [-0.2, -0.15) is 0 Å². The minimum Gasteiger partial charge on any atom is -0.483 e. The van der Waals surface area contributed by atoms with E-state index in [1.807, 2.05) is 83.1 Å². The number of ether oxygens (including phenoxy) is 1. The van der Waals surface area contributed by atoms with E-state index in [1.165, 1.54) is 0 Å². The van der Waals surface area contributed by atoms with Crippen molar-refractivity contribution in [1.29, 1.82) is 0 Å². The van der Waals surface area contributed by atoms with E-state index in [0.717, 1.165) is 16.7 Å². The van der Waals surface area contributed by atoms with Crippen LogP contribution < -0.4 is 10.1 Å². The van der Waals surface area contributed by atoms with Gasteiger partial charge in [0.05, 0.1) is 0 Å². The first kappa shape index (κ1) is 25.4. The monoisotopic (exact) mass is 438 g/mol. The summed E-state index contributed by atoms with van der Waals surface area (Å²) in [6, 6.07) is 15.2. The molecule has 2 rings (SSSR count). The van der Waals surface area contributed by atoms with Gasteiger partial charge in [-0.3, -0.25) is 9.59 Å². The van der Waals surface area contributed by atoms with Crippen molar-refractivity contribution in [1.82, 2.24) is 10.2 Å². The molecule has 1 atom stereocenters. The Kier molecular flexibility index (Phi) is 8.88. The van der Waals surface area contributed by atoms with Gasteiger partial charge in [-0.25, -0.2) is 0 Å². The van der Waals surface area contributed by atoms with Crippen molar-refractivity contribution in [2.24, 2.45) is 0 Å². The number of hydrogen-bond acceptors (Lipinski definition) is 3. The summed E-state index contributed by atoms with van der Waals surface area (Å²) in [5, 5.41) is 3.02. The summed E-state index contributed by atoms with van der Waals surface area (Å²) in [7, 11) is 0. The van der Waals surface area contributed by atoms with E-state index >= 15 is 0 Å². The van der Waals surface area contributed by atoms with Gasteiger partial charge in [0.25, 0.3) is 5.91 Å². The van der Waals surface area contributed by atoms with Crippen molar-refractivity contribution < 1.29 is 14.3 Å². The standard InChI is InChI=1S/C27H38N2O3/c1-8-23(26(31)28-27(5,6)7)29(17-21-15-13-20(4)14-16-21)25(30)18-32-24-12-10-9-11-22(24)19(2)3/h9-16,19,23H,8,17-18H2,1-7H3,(H,28,31)/t23-/m0/s1. The Morgan fingerprint density at radius 2 is 1.66 bits per heavy atom. The molecule has 0 bridgehead atoms. The van der Waals surface area contributed by atoms with E-state index in [4.69, 9.17) is 4.74 Å². The van der Waals surface area contributed by atoms with Crippen LogP contribution in [-0.4, -0.2) is 34.9 Å². The first-order valence-electron chi connectivity index (χ1n) is 11.4. The molecule has 0 fully saturated rings. The second kappa shape index (κ2) is 11.2. The zero-order valence-electron chi connectivity index (χ0n) is 20.6. The molecule has 0 aromatic heterocycles. The topological polar surface area (TPSA) is 58.6 Å². The first-order chi connectivity index (χ1) is 15.0. The van der Waals surface area contributed by atoms with E-state index in [0.29, 0.717) is 18.7 Å². The van der Waals surface area contributed by atoms with Crippen molar-refractivity contribution in [2.45, 2.75) is 78.9 Å². The summed E-state index contributed by atoms with van der Waals surface area (Å²) in [4.78, 5) is 28.1. The molecule has 2 amide bonds. The highest BCUT2D eigenvalue weighted by atomic mass is 16.5. The molecule has 0 unspecified atom stereocenters. The maximum Gasteiger partial charge on any atom is 0.261 e. The van der Waals surface area contributed by atoms with E-state index in [2.05, 4.69) is 19.2 Å². The summed E-state index contributed by atoms with van der Waals surface area (Å²) in [6.45, 7) is 14.2. The number of amides is 2. The molecule has 0 spiro atoms. The minimum atomic E-state index is -0.577. The zero-order chi connectivity index (χ0) is 23.9. The molecule has 0 aliphatic heterocycles. The molecule has 2 aromatic carbocycles. The normalized spacial score (nSPS) is 12.4. The Bertz CT molecular complexity index is 898. The molecule has 2 aromatic rings. The molecule has 174 valence electrons. The number of para-hydroxylation sites is 1. The fraction of sp³-hybridized carbons (Fsp3) is 0.481. The fourth-order valence-electron chi connectivity index (χ4n) is 3.57. The van der Waals surface area contributed by atoms with Crippen molar-refractivity contribution in [2.75, 3.05) is 6.61 Å². The van der Waals surface area contributed by atoms with Gasteiger partial charge in [0.2, 0.25) is 5.91 Å². The first-order valence-corrected chi connectivity index (χ1v) is 11.4. The second-order valence-corrected chi connectivity index (χ2v) is 9.65. The summed E-state index contributed by atoms with van der Waals surface area (Å²) >= 11 is 0. The third kappa shape index (κ3) is 7.40.